The molecule has 0 unspecified atom stereocenters. The lowest BCUT2D eigenvalue weighted by Gasteiger charge is -2.19. The van der Waals surface area contributed by atoms with Gasteiger partial charge in [-0.15, -0.1) is 0 Å². The van der Waals surface area contributed by atoms with Crippen LogP contribution in [0.3, 0.4) is 0 Å². The first-order valence-electron chi connectivity index (χ1n) is 7.53. The Bertz CT molecular complexity index is 869. The first-order chi connectivity index (χ1) is 10.4. The number of H-pyrrole nitrogens is 1. The van der Waals surface area contributed by atoms with Gasteiger partial charge in [-0.1, -0.05) is 56.7 Å². The van der Waals surface area contributed by atoms with Crippen LogP contribution in [0.25, 0.3) is 22.2 Å². The highest BCUT2D eigenvalue weighted by Gasteiger charge is 2.16. The molecule has 2 nitrogen and oxygen atoms in total. The summed E-state index contributed by atoms with van der Waals surface area (Å²) in [6.07, 6.45) is 0. The van der Waals surface area contributed by atoms with Gasteiger partial charge in [-0.3, -0.25) is 0 Å². The van der Waals surface area contributed by atoms with Gasteiger partial charge in [-0.05, 0) is 35.6 Å². The van der Waals surface area contributed by atoms with Crippen LogP contribution in [0.15, 0.2) is 42.5 Å². The predicted octanol–water partition coefficient (Wildman–Crippen LogP) is 5.31. The smallest absolute Gasteiger partial charge is 0.102 e. The number of nitriles is 1. The molecule has 0 spiro atoms. The first-order valence-corrected chi connectivity index (χ1v) is 7.53. The van der Waals surface area contributed by atoms with Crippen LogP contribution in [0.4, 0.5) is 0 Å². The molecule has 110 valence electrons. The highest BCUT2D eigenvalue weighted by molar-refractivity contribution is 5.93. The molecule has 3 aromatic rings. The zero-order valence-corrected chi connectivity index (χ0v) is 13.5. The summed E-state index contributed by atoms with van der Waals surface area (Å²) in [5, 5.41) is 10.6. The Balaban J connectivity index is 2.16. The predicted molar refractivity (Wildman–Crippen MR) is 91.9 cm³/mol. The van der Waals surface area contributed by atoms with Crippen LogP contribution in [0.1, 0.15) is 37.5 Å². The molecule has 0 amide bonds. The van der Waals surface area contributed by atoms with Crippen molar-refractivity contribution >= 4 is 10.9 Å². The SMILES string of the molecule is Cc1ccc2[nH]c(-c3ccc(C(C)(C)C)cc3)c(C#N)c2c1. The Morgan fingerprint density at radius 3 is 2.27 bits per heavy atom. The molecule has 1 N–H and O–H groups in total. The van der Waals surface area contributed by atoms with Crippen molar-refractivity contribution in [2.75, 3.05) is 0 Å². The van der Waals surface area contributed by atoms with Gasteiger partial charge in [-0.25, -0.2) is 0 Å². The van der Waals surface area contributed by atoms with Gasteiger partial charge in [-0.2, -0.15) is 5.26 Å². The molecule has 0 fully saturated rings. The minimum absolute atomic E-state index is 0.133. The monoisotopic (exact) mass is 288 g/mol. The lowest BCUT2D eigenvalue weighted by Crippen LogP contribution is -2.10. The van der Waals surface area contributed by atoms with Crippen LogP contribution in [0.2, 0.25) is 0 Å². The average Bonchev–Trinajstić information content (AvgIpc) is 2.84. The summed E-state index contributed by atoms with van der Waals surface area (Å²) in [5.74, 6) is 0. The molecule has 0 atom stereocenters. The molecule has 1 heterocycles. The minimum Gasteiger partial charge on any atom is -0.353 e. The first kappa shape index (κ1) is 14.4. The molecule has 1 aromatic heterocycles. The van der Waals surface area contributed by atoms with E-state index in [1.165, 1.54) is 5.56 Å². The summed E-state index contributed by atoms with van der Waals surface area (Å²) in [6, 6.07) is 17.0. The number of fused-ring (bicyclic) bond motifs is 1. The number of hydrogen-bond donors (Lipinski definition) is 1. The normalized spacial score (nSPS) is 11.6. The van der Waals surface area contributed by atoms with E-state index in [2.05, 4.69) is 68.2 Å². The van der Waals surface area contributed by atoms with Crippen molar-refractivity contribution in [1.82, 2.24) is 4.98 Å². The molecular formula is C20H20N2. The third-order valence-corrected chi connectivity index (χ3v) is 4.11. The van der Waals surface area contributed by atoms with E-state index in [1.807, 2.05) is 13.0 Å². The Morgan fingerprint density at radius 2 is 1.68 bits per heavy atom. The van der Waals surface area contributed by atoms with E-state index in [0.29, 0.717) is 0 Å². The molecule has 0 saturated carbocycles. The standard InChI is InChI=1S/C20H20N2/c1-13-5-10-18-16(11-13)17(12-21)19(22-18)14-6-8-15(9-7-14)20(2,3)4/h5-11,22H,1-4H3. The van der Waals surface area contributed by atoms with Gasteiger partial charge in [0.05, 0.1) is 11.3 Å². The van der Waals surface area contributed by atoms with Gasteiger partial charge in [0.25, 0.3) is 0 Å². The fraction of sp³-hybridized carbons (Fsp3) is 0.250. The third-order valence-electron chi connectivity index (χ3n) is 4.11. The van der Waals surface area contributed by atoms with Crippen LogP contribution >= 0.6 is 0 Å². The maximum atomic E-state index is 9.57. The van der Waals surface area contributed by atoms with E-state index in [0.717, 1.165) is 33.3 Å². The van der Waals surface area contributed by atoms with Crippen molar-refractivity contribution in [3.8, 4) is 17.3 Å². The molecule has 0 aliphatic carbocycles. The number of aromatic amines is 1. The summed E-state index contributed by atoms with van der Waals surface area (Å²) >= 11 is 0. The Hall–Kier alpha value is -2.53. The summed E-state index contributed by atoms with van der Waals surface area (Å²) in [6.45, 7) is 8.66. The van der Waals surface area contributed by atoms with Gasteiger partial charge in [0.2, 0.25) is 0 Å². The lowest BCUT2D eigenvalue weighted by molar-refractivity contribution is 0.590. The quantitative estimate of drug-likeness (QED) is 0.647. The largest absolute Gasteiger partial charge is 0.353 e. The Kier molecular flexibility index (Phi) is 3.30. The maximum Gasteiger partial charge on any atom is 0.102 e. The van der Waals surface area contributed by atoms with E-state index in [9.17, 15) is 5.26 Å². The lowest BCUT2D eigenvalue weighted by atomic mass is 9.86. The molecule has 0 bridgehead atoms. The zero-order valence-electron chi connectivity index (χ0n) is 13.5. The van der Waals surface area contributed by atoms with Crippen LogP contribution < -0.4 is 0 Å². The molecule has 0 aliphatic heterocycles. The highest BCUT2D eigenvalue weighted by atomic mass is 14.7. The van der Waals surface area contributed by atoms with Crippen molar-refractivity contribution in [2.45, 2.75) is 33.1 Å². The minimum atomic E-state index is 0.133. The third kappa shape index (κ3) is 2.40. The van der Waals surface area contributed by atoms with E-state index in [4.69, 9.17) is 0 Å². The Morgan fingerprint density at radius 1 is 1.00 bits per heavy atom. The molecule has 3 rings (SSSR count). The molecule has 0 radical (unpaired) electrons. The van der Waals surface area contributed by atoms with Crippen molar-refractivity contribution in [3.63, 3.8) is 0 Å². The highest BCUT2D eigenvalue weighted by Crippen LogP contribution is 2.32. The second-order valence-corrected chi connectivity index (χ2v) is 6.86. The fourth-order valence-electron chi connectivity index (χ4n) is 2.78. The number of hydrogen-bond acceptors (Lipinski definition) is 1. The van der Waals surface area contributed by atoms with Crippen LogP contribution in [-0.4, -0.2) is 4.98 Å². The molecular weight excluding hydrogens is 268 g/mol. The van der Waals surface area contributed by atoms with E-state index in [-0.39, 0.29) is 5.41 Å². The summed E-state index contributed by atoms with van der Waals surface area (Å²) in [4.78, 5) is 3.39. The summed E-state index contributed by atoms with van der Waals surface area (Å²) < 4.78 is 0. The van der Waals surface area contributed by atoms with Gasteiger partial charge < -0.3 is 4.98 Å². The second-order valence-electron chi connectivity index (χ2n) is 6.86. The number of benzene rings is 2. The van der Waals surface area contributed by atoms with Crippen LogP contribution in [-0.2, 0) is 5.41 Å². The molecule has 0 aliphatic rings. The van der Waals surface area contributed by atoms with Gasteiger partial charge in [0.1, 0.15) is 6.07 Å². The molecule has 22 heavy (non-hydrogen) atoms. The molecule has 0 saturated heterocycles. The fourth-order valence-corrected chi connectivity index (χ4v) is 2.78. The second kappa shape index (κ2) is 5.03. The number of aromatic nitrogens is 1. The van der Waals surface area contributed by atoms with Crippen molar-refractivity contribution in [2.24, 2.45) is 0 Å². The van der Waals surface area contributed by atoms with Gasteiger partial charge >= 0.3 is 0 Å². The van der Waals surface area contributed by atoms with Gasteiger partial charge in [0.15, 0.2) is 0 Å². The van der Waals surface area contributed by atoms with Crippen LogP contribution in [0.5, 0.6) is 0 Å². The van der Waals surface area contributed by atoms with Crippen LogP contribution in [0, 0.1) is 18.3 Å². The van der Waals surface area contributed by atoms with Crippen molar-refractivity contribution in [3.05, 3.63) is 59.2 Å². The maximum absolute atomic E-state index is 9.57. The number of nitrogens with zero attached hydrogens (tertiary/aromatic N) is 1. The van der Waals surface area contributed by atoms with E-state index < -0.39 is 0 Å². The average molecular weight is 288 g/mol. The van der Waals surface area contributed by atoms with E-state index in [1.54, 1.807) is 0 Å². The Labute approximate surface area is 131 Å². The number of nitrogens with one attached hydrogen (secondary N) is 1. The summed E-state index contributed by atoms with van der Waals surface area (Å²) in [5.41, 5.74) is 6.29. The number of rotatable bonds is 1. The molecule has 2 heteroatoms. The molecule has 2 aromatic carbocycles. The summed E-state index contributed by atoms with van der Waals surface area (Å²) in [7, 11) is 0. The van der Waals surface area contributed by atoms with E-state index >= 15 is 0 Å². The van der Waals surface area contributed by atoms with Crippen molar-refractivity contribution in [1.29, 1.82) is 5.26 Å². The number of aryl methyl sites for hydroxylation is 1. The van der Waals surface area contributed by atoms with Crippen molar-refractivity contribution < 1.29 is 0 Å². The zero-order chi connectivity index (χ0) is 15.9. The topological polar surface area (TPSA) is 39.6 Å². The van der Waals surface area contributed by atoms with Gasteiger partial charge in [0, 0.05) is 10.9 Å².